The van der Waals surface area contributed by atoms with Gasteiger partial charge in [-0.25, -0.2) is 4.68 Å². The molecule has 0 aliphatic heterocycles. The zero-order valence-corrected chi connectivity index (χ0v) is 13.9. The first kappa shape index (κ1) is 16.4. The molecule has 2 amide bonds. The number of carbonyl (C=O) groups excluding carboxylic acids is 2. The molecule has 134 valence electrons. The Kier molecular flexibility index (Phi) is 4.06. The van der Waals surface area contributed by atoms with Crippen molar-refractivity contribution in [3.05, 3.63) is 78.3 Å². The molecular weight excluding hydrogens is 348 g/mol. The van der Waals surface area contributed by atoms with Crippen LogP contribution in [0.1, 0.15) is 21.0 Å². The molecule has 0 unspecified atom stereocenters. The Morgan fingerprint density at radius 3 is 2.44 bits per heavy atom. The molecule has 0 atom stereocenters. The Morgan fingerprint density at radius 1 is 0.963 bits per heavy atom. The Morgan fingerprint density at radius 2 is 1.67 bits per heavy atom. The Labute approximate surface area is 153 Å². The van der Waals surface area contributed by atoms with Crippen molar-refractivity contribution >= 4 is 22.8 Å². The number of carbonyl (C=O) groups is 2. The van der Waals surface area contributed by atoms with Gasteiger partial charge in [0, 0.05) is 5.39 Å². The highest BCUT2D eigenvalue weighted by molar-refractivity contribution is 5.99. The molecule has 0 saturated heterocycles. The van der Waals surface area contributed by atoms with Crippen LogP contribution in [0.15, 0.2) is 71.3 Å². The van der Waals surface area contributed by atoms with Crippen molar-refractivity contribution in [3.63, 3.8) is 0 Å². The van der Waals surface area contributed by atoms with Gasteiger partial charge in [0.2, 0.25) is 0 Å². The van der Waals surface area contributed by atoms with Crippen molar-refractivity contribution in [1.82, 2.24) is 20.6 Å². The summed E-state index contributed by atoms with van der Waals surface area (Å²) in [6.45, 7) is 0. The van der Waals surface area contributed by atoms with Gasteiger partial charge < -0.3 is 9.52 Å². The second-order valence-electron chi connectivity index (χ2n) is 5.70. The second-order valence-corrected chi connectivity index (χ2v) is 5.70. The van der Waals surface area contributed by atoms with Crippen molar-refractivity contribution in [1.29, 1.82) is 0 Å². The molecule has 3 N–H and O–H groups in total. The summed E-state index contributed by atoms with van der Waals surface area (Å²) in [4.78, 5) is 24.4. The SMILES string of the molecule is O=C(NNC(=O)c1nn(-c2ccccc2)cc1O)c1cc2ccccc2o1. The van der Waals surface area contributed by atoms with Crippen molar-refractivity contribution < 1.29 is 19.1 Å². The minimum absolute atomic E-state index is 0.0514. The third-order valence-electron chi connectivity index (χ3n) is 3.87. The average molecular weight is 362 g/mol. The topological polar surface area (TPSA) is 109 Å². The molecule has 0 bridgehead atoms. The van der Waals surface area contributed by atoms with E-state index >= 15 is 0 Å². The van der Waals surface area contributed by atoms with Crippen molar-refractivity contribution in [2.24, 2.45) is 0 Å². The summed E-state index contributed by atoms with van der Waals surface area (Å²) in [5.41, 5.74) is 5.48. The number of fused-ring (bicyclic) bond motifs is 1. The van der Waals surface area contributed by atoms with Crippen molar-refractivity contribution in [2.45, 2.75) is 0 Å². The van der Waals surface area contributed by atoms with E-state index in [2.05, 4.69) is 16.0 Å². The van der Waals surface area contributed by atoms with E-state index in [1.807, 2.05) is 18.2 Å². The van der Waals surface area contributed by atoms with Gasteiger partial charge in [-0.3, -0.25) is 20.4 Å². The van der Waals surface area contributed by atoms with Crippen LogP contribution in [0.3, 0.4) is 0 Å². The lowest BCUT2D eigenvalue weighted by atomic mass is 10.2. The van der Waals surface area contributed by atoms with Crippen LogP contribution >= 0.6 is 0 Å². The Bertz CT molecular complexity index is 1100. The largest absolute Gasteiger partial charge is 0.504 e. The fraction of sp³-hybridized carbons (Fsp3) is 0. The summed E-state index contributed by atoms with van der Waals surface area (Å²) in [6.07, 6.45) is 1.31. The van der Waals surface area contributed by atoms with E-state index in [1.54, 1.807) is 42.5 Å². The van der Waals surface area contributed by atoms with E-state index < -0.39 is 11.8 Å². The summed E-state index contributed by atoms with van der Waals surface area (Å²) in [5, 5.41) is 14.8. The predicted molar refractivity (Wildman–Crippen MR) is 96.4 cm³/mol. The van der Waals surface area contributed by atoms with Crippen LogP contribution in [0.25, 0.3) is 16.7 Å². The van der Waals surface area contributed by atoms with E-state index in [-0.39, 0.29) is 17.2 Å². The summed E-state index contributed by atoms with van der Waals surface area (Å²) < 4.78 is 6.79. The highest BCUT2D eigenvalue weighted by Gasteiger charge is 2.19. The lowest BCUT2D eigenvalue weighted by molar-refractivity contribution is 0.0828. The average Bonchev–Trinajstić information content (AvgIpc) is 3.30. The molecule has 0 aliphatic carbocycles. The zero-order chi connectivity index (χ0) is 18.8. The first-order valence-corrected chi connectivity index (χ1v) is 8.05. The van der Waals surface area contributed by atoms with Gasteiger partial charge in [-0.15, -0.1) is 0 Å². The molecule has 0 spiro atoms. The predicted octanol–water partition coefficient (Wildman–Crippen LogP) is 2.40. The fourth-order valence-electron chi connectivity index (χ4n) is 2.57. The van der Waals surface area contributed by atoms with E-state index in [9.17, 15) is 14.7 Å². The number of benzene rings is 2. The number of rotatable bonds is 3. The first-order valence-electron chi connectivity index (χ1n) is 8.05. The van der Waals surface area contributed by atoms with Gasteiger partial charge in [-0.2, -0.15) is 5.10 Å². The maximum Gasteiger partial charge on any atom is 0.305 e. The molecule has 0 aliphatic rings. The van der Waals surface area contributed by atoms with Crippen LogP contribution in [0, 0.1) is 0 Å². The smallest absolute Gasteiger partial charge is 0.305 e. The number of aromatic nitrogens is 2. The quantitative estimate of drug-likeness (QED) is 0.485. The standard InChI is InChI=1S/C19H14N4O4/c24-14-11-23(13-7-2-1-3-8-13)22-17(14)19(26)21-20-18(25)16-10-12-6-4-5-9-15(12)27-16/h1-11,24H,(H,20,25)(H,21,26). The lowest BCUT2D eigenvalue weighted by Crippen LogP contribution is -2.41. The molecule has 8 nitrogen and oxygen atoms in total. The minimum Gasteiger partial charge on any atom is -0.504 e. The summed E-state index contributed by atoms with van der Waals surface area (Å²) in [6, 6.07) is 17.7. The molecular formula is C19H14N4O4. The summed E-state index contributed by atoms with van der Waals surface area (Å²) >= 11 is 0. The number of nitrogens with zero attached hydrogens (tertiary/aromatic N) is 2. The van der Waals surface area contributed by atoms with Crippen molar-refractivity contribution in [2.75, 3.05) is 0 Å². The third-order valence-corrected chi connectivity index (χ3v) is 3.87. The molecule has 2 aromatic heterocycles. The monoisotopic (exact) mass is 362 g/mol. The van der Waals surface area contributed by atoms with Gasteiger partial charge >= 0.3 is 5.91 Å². The van der Waals surface area contributed by atoms with Crippen LogP contribution in [0.5, 0.6) is 5.75 Å². The molecule has 27 heavy (non-hydrogen) atoms. The summed E-state index contributed by atoms with van der Waals surface area (Å²) in [7, 11) is 0. The van der Waals surface area contributed by atoms with Crippen LogP contribution in [0.4, 0.5) is 0 Å². The van der Waals surface area contributed by atoms with Gasteiger partial charge in [0.15, 0.2) is 17.2 Å². The lowest BCUT2D eigenvalue weighted by Gasteiger charge is -2.04. The molecule has 0 fully saturated rings. The molecule has 0 radical (unpaired) electrons. The number of hydrazine groups is 1. The highest BCUT2D eigenvalue weighted by atomic mass is 16.3. The van der Waals surface area contributed by atoms with Crippen LogP contribution in [-0.2, 0) is 0 Å². The van der Waals surface area contributed by atoms with Gasteiger partial charge in [-0.1, -0.05) is 36.4 Å². The van der Waals surface area contributed by atoms with E-state index in [0.29, 0.717) is 11.3 Å². The number of hydrogen-bond acceptors (Lipinski definition) is 5. The van der Waals surface area contributed by atoms with Gasteiger partial charge in [-0.05, 0) is 24.3 Å². The number of furan rings is 1. The van der Waals surface area contributed by atoms with E-state index in [4.69, 9.17) is 4.42 Å². The maximum absolute atomic E-state index is 12.2. The number of hydrogen-bond donors (Lipinski definition) is 3. The Balaban J connectivity index is 1.46. The molecule has 8 heteroatoms. The van der Waals surface area contributed by atoms with Crippen molar-refractivity contribution in [3.8, 4) is 11.4 Å². The minimum atomic E-state index is -0.758. The van der Waals surface area contributed by atoms with Crippen LogP contribution in [0.2, 0.25) is 0 Å². The molecule has 2 heterocycles. The zero-order valence-electron chi connectivity index (χ0n) is 13.9. The van der Waals surface area contributed by atoms with Gasteiger partial charge in [0.1, 0.15) is 5.58 Å². The number of amides is 2. The summed E-state index contributed by atoms with van der Waals surface area (Å²) in [5.74, 6) is -1.64. The van der Waals surface area contributed by atoms with Crippen LogP contribution < -0.4 is 10.9 Å². The highest BCUT2D eigenvalue weighted by Crippen LogP contribution is 2.19. The van der Waals surface area contributed by atoms with Crippen LogP contribution in [-0.4, -0.2) is 26.7 Å². The number of aromatic hydroxyl groups is 1. The second kappa shape index (κ2) is 6.68. The maximum atomic E-state index is 12.2. The molecule has 0 saturated carbocycles. The molecule has 4 aromatic rings. The molecule has 2 aromatic carbocycles. The van der Waals surface area contributed by atoms with E-state index in [1.165, 1.54) is 10.9 Å². The fourth-order valence-corrected chi connectivity index (χ4v) is 2.57. The third kappa shape index (κ3) is 3.23. The Hall–Kier alpha value is -4.07. The number of para-hydroxylation sites is 2. The number of nitrogens with one attached hydrogen (secondary N) is 2. The molecule has 4 rings (SSSR count). The normalized spacial score (nSPS) is 10.7. The van der Waals surface area contributed by atoms with Gasteiger partial charge in [0.05, 0.1) is 11.9 Å². The first-order chi connectivity index (χ1) is 13.1. The van der Waals surface area contributed by atoms with E-state index in [0.717, 1.165) is 5.39 Å². The van der Waals surface area contributed by atoms with Gasteiger partial charge in [0.25, 0.3) is 5.91 Å².